The van der Waals surface area contributed by atoms with Gasteiger partial charge in [-0.05, 0) is 32.0 Å². The molecule has 3 N–H and O–H groups in total. The van der Waals surface area contributed by atoms with Gasteiger partial charge in [-0.2, -0.15) is 0 Å². The van der Waals surface area contributed by atoms with Gasteiger partial charge in [0.1, 0.15) is 0 Å². The highest BCUT2D eigenvalue weighted by atomic mass is 16.1. The first kappa shape index (κ1) is 16.7. The van der Waals surface area contributed by atoms with E-state index in [1.54, 1.807) is 0 Å². The maximum absolute atomic E-state index is 11.4. The first-order valence-corrected chi connectivity index (χ1v) is 7.27. The SMILES string of the molecule is CC(C)NC(CCN(C)CCc1ccccc1)C(N)=O. The number of hydrogen-bond acceptors (Lipinski definition) is 3. The second-order valence-electron chi connectivity index (χ2n) is 5.60. The first-order chi connectivity index (χ1) is 9.49. The predicted molar refractivity (Wildman–Crippen MR) is 83.5 cm³/mol. The minimum Gasteiger partial charge on any atom is -0.368 e. The van der Waals surface area contributed by atoms with Gasteiger partial charge in [-0.1, -0.05) is 44.2 Å². The lowest BCUT2D eigenvalue weighted by molar-refractivity contribution is -0.120. The summed E-state index contributed by atoms with van der Waals surface area (Å²) in [6.45, 7) is 5.89. The minimum atomic E-state index is -0.268. The van der Waals surface area contributed by atoms with Gasteiger partial charge in [0.2, 0.25) is 5.91 Å². The van der Waals surface area contributed by atoms with Crippen LogP contribution < -0.4 is 11.1 Å². The summed E-state index contributed by atoms with van der Waals surface area (Å²) >= 11 is 0. The molecule has 1 atom stereocenters. The van der Waals surface area contributed by atoms with Crippen LogP contribution in [-0.4, -0.2) is 43.0 Å². The maximum atomic E-state index is 11.4. The van der Waals surface area contributed by atoms with Crippen molar-refractivity contribution in [1.82, 2.24) is 10.2 Å². The van der Waals surface area contributed by atoms with Crippen LogP contribution in [0.25, 0.3) is 0 Å². The van der Waals surface area contributed by atoms with Crippen molar-refractivity contribution in [2.75, 3.05) is 20.1 Å². The van der Waals surface area contributed by atoms with Crippen molar-refractivity contribution in [3.63, 3.8) is 0 Å². The lowest BCUT2D eigenvalue weighted by atomic mass is 10.1. The molecule has 0 aromatic heterocycles. The normalized spacial score (nSPS) is 12.8. The molecule has 0 spiro atoms. The highest BCUT2D eigenvalue weighted by Crippen LogP contribution is 2.02. The highest BCUT2D eigenvalue weighted by Gasteiger charge is 2.16. The van der Waals surface area contributed by atoms with Crippen LogP contribution in [0.2, 0.25) is 0 Å². The van der Waals surface area contributed by atoms with Crippen molar-refractivity contribution in [2.24, 2.45) is 5.73 Å². The van der Waals surface area contributed by atoms with Crippen molar-refractivity contribution in [3.05, 3.63) is 35.9 Å². The molecular weight excluding hydrogens is 250 g/mol. The van der Waals surface area contributed by atoms with Crippen LogP contribution in [0.15, 0.2) is 30.3 Å². The smallest absolute Gasteiger partial charge is 0.234 e. The van der Waals surface area contributed by atoms with Gasteiger partial charge in [-0.15, -0.1) is 0 Å². The van der Waals surface area contributed by atoms with Crippen molar-refractivity contribution in [3.8, 4) is 0 Å². The van der Waals surface area contributed by atoms with Crippen LogP contribution >= 0.6 is 0 Å². The van der Waals surface area contributed by atoms with Crippen LogP contribution in [0.3, 0.4) is 0 Å². The molecule has 1 amide bonds. The monoisotopic (exact) mass is 277 g/mol. The van der Waals surface area contributed by atoms with E-state index in [0.717, 1.165) is 25.9 Å². The van der Waals surface area contributed by atoms with E-state index in [2.05, 4.69) is 41.5 Å². The highest BCUT2D eigenvalue weighted by molar-refractivity contribution is 5.79. The lowest BCUT2D eigenvalue weighted by Crippen LogP contribution is -2.46. The van der Waals surface area contributed by atoms with E-state index in [-0.39, 0.29) is 18.0 Å². The summed E-state index contributed by atoms with van der Waals surface area (Å²) in [4.78, 5) is 13.6. The van der Waals surface area contributed by atoms with Gasteiger partial charge in [0.05, 0.1) is 6.04 Å². The molecule has 0 aliphatic carbocycles. The van der Waals surface area contributed by atoms with Gasteiger partial charge in [-0.3, -0.25) is 4.79 Å². The molecule has 1 unspecified atom stereocenters. The fourth-order valence-corrected chi connectivity index (χ4v) is 2.14. The minimum absolute atomic E-state index is 0.242. The van der Waals surface area contributed by atoms with E-state index in [4.69, 9.17) is 5.73 Å². The third-order valence-electron chi connectivity index (χ3n) is 3.30. The van der Waals surface area contributed by atoms with E-state index in [0.29, 0.717) is 0 Å². The molecule has 4 heteroatoms. The van der Waals surface area contributed by atoms with Crippen molar-refractivity contribution in [1.29, 1.82) is 0 Å². The molecule has 0 heterocycles. The molecule has 4 nitrogen and oxygen atoms in total. The molecule has 0 bridgehead atoms. The predicted octanol–water partition coefficient (Wildman–Crippen LogP) is 1.40. The maximum Gasteiger partial charge on any atom is 0.234 e. The van der Waals surface area contributed by atoms with Crippen LogP contribution in [0, 0.1) is 0 Å². The van der Waals surface area contributed by atoms with Crippen molar-refractivity contribution < 1.29 is 4.79 Å². The number of primary amides is 1. The van der Waals surface area contributed by atoms with E-state index in [9.17, 15) is 4.79 Å². The summed E-state index contributed by atoms with van der Waals surface area (Å²) in [6, 6.07) is 10.5. The first-order valence-electron chi connectivity index (χ1n) is 7.27. The second-order valence-corrected chi connectivity index (χ2v) is 5.60. The number of carbonyl (C=O) groups excluding carboxylic acids is 1. The quantitative estimate of drug-likeness (QED) is 0.717. The Morgan fingerprint density at radius 1 is 1.25 bits per heavy atom. The van der Waals surface area contributed by atoms with Gasteiger partial charge >= 0.3 is 0 Å². The van der Waals surface area contributed by atoms with Gasteiger partial charge < -0.3 is 16.0 Å². The molecule has 112 valence electrons. The molecule has 0 aliphatic heterocycles. The summed E-state index contributed by atoms with van der Waals surface area (Å²) in [5.74, 6) is -0.268. The Morgan fingerprint density at radius 3 is 2.45 bits per heavy atom. The molecule has 1 rings (SSSR count). The van der Waals surface area contributed by atoms with Crippen LogP contribution in [0.1, 0.15) is 25.8 Å². The number of nitrogens with one attached hydrogen (secondary N) is 1. The van der Waals surface area contributed by atoms with Crippen LogP contribution in [0.4, 0.5) is 0 Å². The number of hydrogen-bond donors (Lipinski definition) is 2. The zero-order valence-electron chi connectivity index (χ0n) is 12.8. The number of likely N-dealkylation sites (N-methyl/N-ethyl adjacent to an activating group) is 1. The standard InChI is InChI=1S/C16H27N3O/c1-13(2)18-15(16(17)20)10-12-19(3)11-9-14-7-5-4-6-8-14/h4-8,13,15,18H,9-12H2,1-3H3,(H2,17,20). The molecule has 0 fully saturated rings. The Bertz CT molecular complexity index is 392. The Hall–Kier alpha value is -1.39. The molecule has 0 saturated heterocycles. The van der Waals surface area contributed by atoms with Crippen molar-refractivity contribution >= 4 is 5.91 Å². The topological polar surface area (TPSA) is 58.4 Å². The fourth-order valence-electron chi connectivity index (χ4n) is 2.14. The van der Waals surface area contributed by atoms with E-state index >= 15 is 0 Å². The summed E-state index contributed by atoms with van der Waals surface area (Å²) < 4.78 is 0. The number of nitrogens with two attached hydrogens (primary N) is 1. The van der Waals surface area contributed by atoms with Crippen LogP contribution in [-0.2, 0) is 11.2 Å². The second kappa shape index (κ2) is 8.72. The summed E-state index contributed by atoms with van der Waals surface area (Å²) in [5.41, 5.74) is 6.76. The molecule has 0 saturated carbocycles. The van der Waals surface area contributed by atoms with E-state index in [1.165, 1.54) is 5.56 Å². The third-order valence-corrected chi connectivity index (χ3v) is 3.30. The third kappa shape index (κ3) is 6.68. The zero-order chi connectivity index (χ0) is 15.0. The zero-order valence-corrected chi connectivity index (χ0v) is 12.8. The fraction of sp³-hybridized carbons (Fsp3) is 0.562. The lowest BCUT2D eigenvalue weighted by Gasteiger charge is -2.22. The Kier molecular flexibility index (Phi) is 7.26. The molecule has 0 radical (unpaired) electrons. The Balaban J connectivity index is 2.30. The van der Waals surface area contributed by atoms with E-state index in [1.807, 2.05) is 19.9 Å². The van der Waals surface area contributed by atoms with E-state index < -0.39 is 0 Å². The average molecular weight is 277 g/mol. The molecular formula is C16H27N3O. The number of benzene rings is 1. The molecule has 1 aromatic carbocycles. The number of amides is 1. The molecule has 20 heavy (non-hydrogen) atoms. The number of nitrogens with zero attached hydrogens (tertiary/aromatic N) is 1. The number of rotatable bonds is 9. The summed E-state index contributed by atoms with van der Waals surface area (Å²) in [5, 5.41) is 3.21. The summed E-state index contributed by atoms with van der Waals surface area (Å²) in [6.07, 6.45) is 1.77. The average Bonchev–Trinajstić information content (AvgIpc) is 2.41. The molecule has 0 aliphatic rings. The van der Waals surface area contributed by atoms with Gasteiger partial charge in [0.15, 0.2) is 0 Å². The largest absolute Gasteiger partial charge is 0.368 e. The summed E-state index contributed by atoms with van der Waals surface area (Å²) in [7, 11) is 2.08. The number of carbonyl (C=O) groups is 1. The van der Waals surface area contributed by atoms with Gasteiger partial charge in [0, 0.05) is 12.6 Å². The Morgan fingerprint density at radius 2 is 1.90 bits per heavy atom. The molecule has 1 aromatic rings. The van der Waals surface area contributed by atoms with Gasteiger partial charge in [0.25, 0.3) is 0 Å². The van der Waals surface area contributed by atoms with Crippen LogP contribution in [0.5, 0.6) is 0 Å². The Labute approximate surface area is 122 Å². The van der Waals surface area contributed by atoms with Crippen molar-refractivity contribution in [2.45, 2.75) is 38.8 Å². The van der Waals surface area contributed by atoms with Gasteiger partial charge in [-0.25, -0.2) is 0 Å².